The lowest BCUT2D eigenvalue weighted by Gasteiger charge is -2.16. The minimum absolute atomic E-state index is 0.128. The van der Waals surface area contributed by atoms with E-state index in [9.17, 15) is 13.2 Å². The molecule has 0 amide bonds. The molecule has 0 saturated carbocycles. The number of anilines is 1. The maximum Gasteiger partial charge on any atom is 0.354 e. The minimum Gasteiger partial charge on any atom is -0.477 e. The van der Waals surface area contributed by atoms with E-state index in [0.29, 0.717) is 24.3 Å². The topological polar surface area (TPSA) is 87.6 Å². The molecule has 0 radical (unpaired) electrons. The summed E-state index contributed by atoms with van der Waals surface area (Å²) in [6.45, 7) is 2.04. The van der Waals surface area contributed by atoms with Gasteiger partial charge in [0.2, 0.25) is 10.0 Å². The minimum atomic E-state index is -3.36. The van der Waals surface area contributed by atoms with Gasteiger partial charge < -0.3 is 5.11 Å². The molecule has 1 aliphatic heterocycles. The van der Waals surface area contributed by atoms with Crippen molar-refractivity contribution in [2.75, 3.05) is 17.1 Å². The van der Waals surface area contributed by atoms with Crippen molar-refractivity contribution in [2.24, 2.45) is 0 Å². The number of hydrogen-bond acceptors (Lipinski definition) is 4. The monoisotopic (exact) mass is 256 g/mol. The van der Waals surface area contributed by atoms with Gasteiger partial charge in [-0.2, -0.15) is 0 Å². The van der Waals surface area contributed by atoms with Crippen LogP contribution < -0.4 is 4.31 Å². The molecule has 0 spiro atoms. The predicted molar refractivity (Wildman–Crippen MR) is 61.8 cm³/mol. The van der Waals surface area contributed by atoms with Crippen molar-refractivity contribution in [2.45, 2.75) is 13.3 Å². The van der Waals surface area contributed by atoms with Crippen LogP contribution in [-0.4, -0.2) is 37.3 Å². The van der Waals surface area contributed by atoms with Gasteiger partial charge in [-0.25, -0.2) is 18.2 Å². The van der Waals surface area contributed by atoms with Crippen molar-refractivity contribution in [3.05, 3.63) is 23.0 Å². The fourth-order valence-corrected chi connectivity index (χ4v) is 2.94. The molecule has 92 valence electrons. The summed E-state index contributed by atoms with van der Waals surface area (Å²) < 4.78 is 24.3. The molecule has 0 fully saturated rings. The average molecular weight is 256 g/mol. The van der Waals surface area contributed by atoms with Crippen LogP contribution in [0.25, 0.3) is 0 Å². The van der Waals surface area contributed by atoms with E-state index in [0.717, 1.165) is 11.8 Å². The van der Waals surface area contributed by atoms with Crippen LogP contribution in [0.3, 0.4) is 0 Å². The lowest BCUT2D eigenvalue weighted by atomic mass is 10.1. The maximum absolute atomic E-state index is 11.5. The Kier molecular flexibility index (Phi) is 2.57. The molecule has 0 aliphatic carbocycles. The van der Waals surface area contributed by atoms with Crippen molar-refractivity contribution < 1.29 is 18.3 Å². The summed E-state index contributed by atoms with van der Waals surface area (Å²) in [5.74, 6) is -1.16. The molecule has 0 saturated heterocycles. The van der Waals surface area contributed by atoms with Gasteiger partial charge in [-0.3, -0.25) is 4.31 Å². The third-order valence-corrected chi connectivity index (χ3v) is 3.94. The molecule has 1 N–H and O–H groups in total. The molecule has 6 nitrogen and oxygen atoms in total. The highest BCUT2D eigenvalue weighted by Gasteiger charge is 2.29. The summed E-state index contributed by atoms with van der Waals surface area (Å²) in [7, 11) is -3.36. The normalized spacial score (nSPS) is 14.8. The summed E-state index contributed by atoms with van der Waals surface area (Å²) in [5.41, 5.74) is 1.70. The molecule has 1 aromatic rings. The molecule has 17 heavy (non-hydrogen) atoms. The molecule has 2 heterocycles. The van der Waals surface area contributed by atoms with E-state index in [2.05, 4.69) is 4.98 Å². The Morgan fingerprint density at radius 3 is 2.71 bits per heavy atom. The van der Waals surface area contributed by atoms with Crippen molar-refractivity contribution in [3.63, 3.8) is 0 Å². The van der Waals surface area contributed by atoms with E-state index < -0.39 is 16.0 Å². The number of hydrogen-bond donors (Lipinski definition) is 1. The molecule has 7 heteroatoms. The zero-order valence-electron chi connectivity index (χ0n) is 9.47. The lowest BCUT2D eigenvalue weighted by molar-refractivity contribution is 0.0690. The van der Waals surface area contributed by atoms with Gasteiger partial charge in [-0.15, -0.1) is 0 Å². The summed E-state index contributed by atoms with van der Waals surface area (Å²) in [6, 6.07) is 1.32. The van der Waals surface area contributed by atoms with Crippen LogP contribution in [-0.2, 0) is 16.4 Å². The number of aromatic nitrogens is 1. The summed E-state index contributed by atoms with van der Waals surface area (Å²) in [6.07, 6.45) is 1.68. The van der Waals surface area contributed by atoms with Gasteiger partial charge in [-0.1, -0.05) is 0 Å². The Balaban J connectivity index is 2.63. The van der Waals surface area contributed by atoms with E-state index in [1.807, 2.05) is 0 Å². The highest BCUT2D eigenvalue weighted by Crippen LogP contribution is 2.32. The van der Waals surface area contributed by atoms with Crippen LogP contribution in [0.15, 0.2) is 6.07 Å². The van der Waals surface area contributed by atoms with Crippen LogP contribution in [0.1, 0.15) is 21.7 Å². The van der Waals surface area contributed by atoms with Crippen LogP contribution in [0.5, 0.6) is 0 Å². The molecular formula is C10H12N2O4S. The number of rotatable bonds is 2. The molecule has 1 aliphatic rings. The van der Waals surface area contributed by atoms with Crippen LogP contribution in [0, 0.1) is 6.92 Å². The Morgan fingerprint density at radius 1 is 1.53 bits per heavy atom. The second-order valence-electron chi connectivity index (χ2n) is 3.98. The number of carboxylic acids is 1. The van der Waals surface area contributed by atoms with E-state index in [-0.39, 0.29) is 5.69 Å². The first-order valence-corrected chi connectivity index (χ1v) is 6.87. The van der Waals surface area contributed by atoms with E-state index >= 15 is 0 Å². The van der Waals surface area contributed by atoms with Gasteiger partial charge in [0.15, 0.2) is 5.69 Å². The van der Waals surface area contributed by atoms with Gasteiger partial charge in [0, 0.05) is 12.2 Å². The maximum atomic E-state index is 11.5. The summed E-state index contributed by atoms with van der Waals surface area (Å²) in [4.78, 5) is 14.8. The largest absolute Gasteiger partial charge is 0.477 e. The number of aromatic carboxylic acids is 1. The van der Waals surface area contributed by atoms with Crippen LogP contribution in [0.2, 0.25) is 0 Å². The zero-order valence-corrected chi connectivity index (χ0v) is 10.3. The second kappa shape index (κ2) is 3.69. The molecule has 1 aromatic heterocycles. The van der Waals surface area contributed by atoms with Gasteiger partial charge in [0.25, 0.3) is 0 Å². The fourth-order valence-electron chi connectivity index (χ4n) is 2.00. The molecule has 0 bridgehead atoms. The SMILES string of the molecule is Cc1nc(C(=O)O)cc2c1CCN2S(C)(=O)=O. The lowest BCUT2D eigenvalue weighted by Crippen LogP contribution is -2.27. The zero-order chi connectivity index (χ0) is 12.8. The van der Waals surface area contributed by atoms with Gasteiger partial charge in [0.05, 0.1) is 11.9 Å². The Labute approximate surface area is 98.9 Å². The highest BCUT2D eigenvalue weighted by atomic mass is 32.2. The smallest absolute Gasteiger partial charge is 0.354 e. The third-order valence-electron chi connectivity index (χ3n) is 2.76. The molecule has 0 atom stereocenters. The first-order valence-electron chi connectivity index (χ1n) is 5.02. The first-order chi connectivity index (χ1) is 7.80. The standard InChI is InChI=1S/C10H12N2O4S/c1-6-7-3-4-12(17(2,15)16)9(7)5-8(11-6)10(13)14/h5H,3-4H2,1-2H3,(H,13,14). The molecule has 2 rings (SSSR count). The Morgan fingerprint density at radius 2 is 2.18 bits per heavy atom. The number of fused-ring (bicyclic) bond motifs is 1. The van der Waals surface area contributed by atoms with Gasteiger partial charge >= 0.3 is 5.97 Å². The van der Waals surface area contributed by atoms with E-state index in [1.54, 1.807) is 6.92 Å². The Hall–Kier alpha value is -1.63. The summed E-state index contributed by atoms with van der Waals surface area (Å²) >= 11 is 0. The molecular weight excluding hydrogens is 244 g/mol. The quantitative estimate of drug-likeness (QED) is 0.828. The molecule has 0 unspecified atom stereocenters. The van der Waals surface area contributed by atoms with Gasteiger partial charge in [-0.05, 0) is 25.0 Å². The number of aryl methyl sites for hydroxylation is 1. The molecule has 0 aromatic carbocycles. The van der Waals surface area contributed by atoms with Crippen molar-refractivity contribution in [1.29, 1.82) is 0 Å². The Bertz CT molecular complexity index is 595. The number of carboxylic acid groups (broad SMARTS) is 1. The van der Waals surface area contributed by atoms with Crippen molar-refractivity contribution in [1.82, 2.24) is 4.98 Å². The van der Waals surface area contributed by atoms with Gasteiger partial charge in [0.1, 0.15) is 0 Å². The third kappa shape index (κ3) is 1.97. The van der Waals surface area contributed by atoms with Crippen molar-refractivity contribution >= 4 is 21.7 Å². The number of sulfonamides is 1. The second-order valence-corrected chi connectivity index (χ2v) is 5.89. The average Bonchev–Trinajstić information content (AvgIpc) is 2.60. The van der Waals surface area contributed by atoms with Crippen LogP contribution >= 0.6 is 0 Å². The predicted octanol–water partition coefficient (Wildman–Crippen LogP) is 0.410. The first kappa shape index (κ1) is 11.8. The van der Waals surface area contributed by atoms with Crippen molar-refractivity contribution in [3.8, 4) is 0 Å². The number of carbonyl (C=O) groups is 1. The van der Waals surface area contributed by atoms with E-state index in [1.165, 1.54) is 10.4 Å². The highest BCUT2D eigenvalue weighted by molar-refractivity contribution is 7.92. The number of nitrogens with zero attached hydrogens (tertiary/aromatic N) is 2. The van der Waals surface area contributed by atoms with Crippen LogP contribution in [0.4, 0.5) is 5.69 Å². The summed E-state index contributed by atoms with van der Waals surface area (Å²) in [5, 5.41) is 8.90. The fraction of sp³-hybridized carbons (Fsp3) is 0.400. The van der Waals surface area contributed by atoms with E-state index in [4.69, 9.17) is 5.11 Å². The number of pyridine rings is 1.